The van der Waals surface area contributed by atoms with E-state index < -0.39 is 0 Å². The van der Waals surface area contributed by atoms with Crippen molar-refractivity contribution in [1.82, 2.24) is 10.6 Å². The van der Waals surface area contributed by atoms with Crippen LogP contribution in [0.25, 0.3) is 0 Å². The van der Waals surface area contributed by atoms with Crippen LogP contribution in [0.15, 0.2) is 41.8 Å². The van der Waals surface area contributed by atoms with Gasteiger partial charge in [0.25, 0.3) is 5.91 Å². The summed E-state index contributed by atoms with van der Waals surface area (Å²) in [5.41, 5.74) is 1.58. The Hall–Kier alpha value is -2.14. The minimum atomic E-state index is -0.235. The van der Waals surface area contributed by atoms with Crippen LogP contribution in [-0.4, -0.2) is 18.4 Å². The third-order valence-electron chi connectivity index (χ3n) is 3.52. The van der Waals surface area contributed by atoms with Gasteiger partial charge in [-0.15, -0.1) is 11.3 Å². The van der Waals surface area contributed by atoms with Crippen LogP contribution in [0.5, 0.6) is 0 Å². The van der Waals surface area contributed by atoms with Crippen LogP contribution in [0.2, 0.25) is 0 Å². The Kier molecular flexibility index (Phi) is 5.93. The fraction of sp³-hybridized carbons (Fsp3) is 0.333. The molecule has 2 N–H and O–H groups in total. The van der Waals surface area contributed by atoms with E-state index in [4.69, 9.17) is 0 Å². The molecule has 0 unspecified atom stereocenters. The first-order valence-corrected chi connectivity index (χ1v) is 8.53. The SMILES string of the molecule is Cc1cccc(C(=O)NCC(=O)N[C@@H](c2cccs2)C(C)C)c1. The number of benzene rings is 1. The topological polar surface area (TPSA) is 58.2 Å². The predicted octanol–water partition coefficient (Wildman–Crippen LogP) is 3.30. The fourth-order valence-corrected chi connectivity index (χ4v) is 3.26. The zero-order chi connectivity index (χ0) is 16.8. The minimum Gasteiger partial charge on any atom is -0.347 e. The molecule has 5 heteroatoms. The van der Waals surface area contributed by atoms with Crippen molar-refractivity contribution in [3.63, 3.8) is 0 Å². The lowest BCUT2D eigenvalue weighted by atomic mass is 10.0. The summed E-state index contributed by atoms with van der Waals surface area (Å²) in [5.74, 6) is -0.135. The van der Waals surface area contributed by atoms with E-state index >= 15 is 0 Å². The van der Waals surface area contributed by atoms with Crippen molar-refractivity contribution in [2.75, 3.05) is 6.54 Å². The number of rotatable bonds is 6. The normalized spacial score (nSPS) is 12.0. The Balaban J connectivity index is 1.90. The molecule has 1 aromatic carbocycles. The van der Waals surface area contributed by atoms with Gasteiger partial charge < -0.3 is 10.6 Å². The van der Waals surface area contributed by atoms with E-state index in [1.54, 1.807) is 23.5 Å². The van der Waals surface area contributed by atoms with Gasteiger partial charge >= 0.3 is 0 Å². The molecule has 0 aliphatic heterocycles. The maximum Gasteiger partial charge on any atom is 0.251 e. The van der Waals surface area contributed by atoms with Crippen molar-refractivity contribution in [2.24, 2.45) is 5.92 Å². The molecular formula is C18H22N2O2S. The highest BCUT2D eigenvalue weighted by Gasteiger charge is 2.19. The lowest BCUT2D eigenvalue weighted by Crippen LogP contribution is -2.39. The van der Waals surface area contributed by atoms with Crippen molar-refractivity contribution in [3.05, 3.63) is 57.8 Å². The molecule has 2 aromatic rings. The summed E-state index contributed by atoms with van der Waals surface area (Å²) < 4.78 is 0. The molecule has 0 aliphatic rings. The van der Waals surface area contributed by atoms with Crippen molar-refractivity contribution >= 4 is 23.2 Å². The van der Waals surface area contributed by atoms with Crippen LogP contribution in [0, 0.1) is 12.8 Å². The Bertz CT molecular complexity index is 665. The van der Waals surface area contributed by atoms with Crippen molar-refractivity contribution in [3.8, 4) is 0 Å². The summed E-state index contributed by atoms with van der Waals surface area (Å²) >= 11 is 1.62. The lowest BCUT2D eigenvalue weighted by molar-refractivity contribution is -0.121. The molecule has 4 nitrogen and oxygen atoms in total. The first-order chi connectivity index (χ1) is 11.0. The molecular weight excluding hydrogens is 308 g/mol. The number of carbonyl (C=O) groups excluding carboxylic acids is 2. The highest BCUT2D eigenvalue weighted by molar-refractivity contribution is 7.10. The van der Waals surface area contributed by atoms with Crippen molar-refractivity contribution in [1.29, 1.82) is 0 Å². The minimum absolute atomic E-state index is 0.0264. The summed E-state index contributed by atoms with van der Waals surface area (Å²) in [5, 5.41) is 7.66. The standard InChI is InChI=1S/C18H22N2O2S/c1-12(2)17(15-8-5-9-23-15)20-16(21)11-19-18(22)14-7-4-6-13(3)10-14/h4-10,12,17H,11H2,1-3H3,(H,19,22)(H,20,21)/t17-/m1/s1. The van der Waals surface area contributed by atoms with Crippen molar-refractivity contribution in [2.45, 2.75) is 26.8 Å². The van der Waals surface area contributed by atoms with Gasteiger partial charge in [-0.2, -0.15) is 0 Å². The zero-order valence-electron chi connectivity index (χ0n) is 13.6. The number of thiophene rings is 1. The van der Waals surface area contributed by atoms with Gasteiger partial charge in [-0.3, -0.25) is 9.59 Å². The first kappa shape index (κ1) is 17.2. The van der Waals surface area contributed by atoms with E-state index in [2.05, 4.69) is 24.5 Å². The van der Waals surface area contributed by atoms with Crippen molar-refractivity contribution < 1.29 is 9.59 Å². The Labute approximate surface area is 140 Å². The maximum atomic E-state index is 12.1. The summed E-state index contributed by atoms with van der Waals surface area (Å²) in [6.07, 6.45) is 0. The molecule has 0 saturated heterocycles. The van der Waals surface area contributed by atoms with Crippen LogP contribution in [0.1, 0.15) is 40.7 Å². The molecule has 2 amide bonds. The number of carbonyl (C=O) groups is 2. The quantitative estimate of drug-likeness (QED) is 0.854. The maximum absolute atomic E-state index is 12.1. The largest absolute Gasteiger partial charge is 0.347 e. The monoisotopic (exact) mass is 330 g/mol. The van der Waals surface area contributed by atoms with Gasteiger partial charge in [0, 0.05) is 10.4 Å². The van der Waals surface area contributed by atoms with Gasteiger partial charge in [0.1, 0.15) is 0 Å². The second-order valence-electron chi connectivity index (χ2n) is 5.86. The molecule has 1 heterocycles. The number of aryl methyl sites for hydroxylation is 1. The van der Waals surface area contributed by atoms with Crippen LogP contribution in [0.3, 0.4) is 0 Å². The average molecular weight is 330 g/mol. The van der Waals surface area contributed by atoms with Crippen LogP contribution < -0.4 is 10.6 Å². The Morgan fingerprint density at radius 1 is 1.17 bits per heavy atom. The predicted molar refractivity (Wildman–Crippen MR) is 93.6 cm³/mol. The smallest absolute Gasteiger partial charge is 0.251 e. The molecule has 122 valence electrons. The van der Waals surface area contributed by atoms with Gasteiger partial charge in [0.2, 0.25) is 5.91 Å². The summed E-state index contributed by atoms with van der Waals surface area (Å²) in [6, 6.07) is 11.3. The number of amides is 2. The van der Waals surface area contributed by atoms with Gasteiger partial charge in [0.15, 0.2) is 0 Å². The van der Waals surface area contributed by atoms with Gasteiger partial charge in [-0.25, -0.2) is 0 Å². The Morgan fingerprint density at radius 2 is 1.96 bits per heavy atom. The van der Waals surface area contributed by atoms with Crippen LogP contribution in [-0.2, 0) is 4.79 Å². The third kappa shape index (κ3) is 4.93. The molecule has 0 aliphatic carbocycles. The van der Waals surface area contributed by atoms with Gasteiger partial charge in [-0.05, 0) is 36.4 Å². The average Bonchev–Trinajstić information content (AvgIpc) is 3.04. The molecule has 0 radical (unpaired) electrons. The van der Waals surface area contributed by atoms with E-state index in [1.807, 2.05) is 36.6 Å². The van der Waals surface area contributed by atoms with E-state index in [-0.39, 0.29) is 30.3 Å². The molecule has 0 bridgehead atoms. The second-order valence-corrected chi connectivity index (χ2v) is 6.84. The summed E-state index contributed by atoms with van der Waals surface area (Å²) in [4.78, 5) is 25.3. The number of nitrogens with one attached hydrogen (secondary N) is 2. The molecule has 0 fully saturated rings. The number of hydrogen-bond acceptors (Lipinski definition) is 3. The van der Waals surface area contributed by atoms with Crippen LogP contribution in [0.4, 0.5) is 0 Å². The van der Waals surface area contributed by atoms with Gasteiger partial charge in [0.05, 0.1) is 12.6 Å². The molecule has 1 aromatic heterocycles. The molecule has 1 atom stereocenters. The third-order valence-corrected chi connectivity index (χ3v) is 4.48. The first-order valence-electron chi connectivity index (χ1n) is 7.65. The Morgan fingerprint density at radius 3 is 2.57 bits per heavy atom. The highest BCUT2D eigenvalue weighted by atomic mass is 32.1. The summed E-state index contributed by atoms with van der Waals surface area (Å²) in [6.45, 7) is 6.03. The second kappa shape index (κ2) is 7.92. The van der Waals surface area contributed by atoms with E-state index in [9.17, 15) is 9.59 Å². The number of hydrogen-bond donors (Lipinski definition) is 2. The van der Waals surface area contributed by atoms with Gasteiger partial charge in [-0.1, -0.05) is 37.6 Å². The molecule has 23 heavy (non-hydrogen) atoms. The highest BCUT2D eigenvalue weighted by Crippen LogP contribution is 2.25. The molecule has 0 saturated carbocycles. The summed E-state index contributed by atoms with van der Waals surface area (Å²) in [7, 11) is 0. The fourth-order valence-electron chi connectivity index (χ4n) is 2.31. The molecule has 2 rings (SSSR count). The zero-order valence-corrected chi connectivity index (χ0v) is 14.4. The van der Waals surface area contributed by atoms with E-state index in [0.717, 1.165) is 10.4 Å². The van der Waals surface area contributed by atoms with E-state index in [1.165, 1.54) is 0 Å². The van der Waals surface area contributed by atoms with E-state index in [0.29, 0.717) is 5.56 Å². The van der Waals surface area contributed by atoms with Crippen LogP contribution >= 0.6 is 11.3 Å². The molecule has 0 spiro atoms. The lowest BCUT2D eigenvalue weighted by Gasteiger charge is -2.21.